The highest BCUT2D eigenvalue weighted by atomic mass is 35.5. The van der Waals surface area contributed by atoms with Gasteiger partial charge in [0, 0.05) is 13.0 Å². The zero-order chi connectivity index (χ0) is 14.0. The molecule has 0 saturated carbocycles. The van der Waals surface area contributed by atoms with Crippen molar-refractivity contribution in [2.75, 3.05) is 13.8 Å². The van der Waals surface area contributed by atoms with Crippen molar-refractivity contribution in [3.8, 4) is 0 Å². The van der Waals surface area contributed by atoms with E-state index in [0.717, 1.165) is 0 Å². The van der Waals surface area contributed by atoms with Gasteiger partial charge >= 0.3 is 11.9 Å². The third-order valence-corrected chi connectivity index (χ3v) is 2.51. The van der Waals surface area contributed by atoms with E-state index in [1.807, 2.05) is 0 Å². The molecule has 0 aromatic heterocycles. The molecule has 0 unspecified atom stereocenters. The van der Waals surface area contributed by atoms with Gasteiger partial charge in [-0.1, -0.05) is 11.6 Å². The molecule has 0 fully saturated rings. The van der Waals surface area contributed by atoms with Gasteiger partial charge in [0.05, 0.1) is 13.3 Å². The van der Waals surface area contributed by atoms with Crippen LogP contribution in [-0.4, -0.2) is 41.5 Å². The van der Waals surface area contributed by atoms with Crippen LogP contribution >= 0.6 is 11.6 Å². The zero-order valence-electron chi connectivity index (χ0n) is 10.2. The molecule has 2 rings (SSSR count). The summed E-state index contributed by atoms with van der Waals surface area (Å²) in [5, 5.41) is 3.13. The summed E-state index contributed by atoms with van der Waals surface area (Å²) in [6.45, 7) is 1.29. The Kier molecular flexibility index (Phi) is 3.72. The largest absolute Gasteiger partial charge is 0.464 e. The number of ether oxygens (including phenoxy) is 2. The maximum absolute atomic E-state index is 11.4. The van der Waals surface area contributed by atoms with E-state index in [9.17, 15) is 9.59 Å². The Morgan fingerprint density at radius 2 is 2.26 bits per heavy atom. The number of aliphatic imine (C=N–C) groups is 1. The molecule has 102 valence electrons. The summed E-state index contributed by atoms with van der Waals surface area (Å²) in [6, 6.07) is 0. The molecule has 2 heterocycles. The lowest BCUT2D eigenvalue weighted by Crippen LogP contribution is -2.41. The molecule has 0 amide bonds. The van der Waals surface area contributed by atoms with E-state index in [0.29, 0.717) is 5.82 Å². The zero-order valence-corrected chi connectivity index (χ0v) is 11.0. The number of carbonyl (C=O) groups is 2. The molecule has 2 aliphatic rings. The normalized spacial score (nSPS) is 17.3. The number of esters is 2. The SMILES string of the molecule is COC(=O)C1=NC2=CN(COC(C)=O)NN2C(Cl)=C1. The minimum absolute atomic E-state index is 0.0113. The number of hydrazine groups is 2. The second-order valence-electron chi connectivity index (χ2n) is 3.61. The highest BCUT2D eigenvalue weighted by molar-refractivity contribution is 6.44. The van der Waals surface area contributed by atoms with Crippen molar-refractivity contribution in [1.82, 2.24) is 15.6 Å². The van der Waals surface area contributed by atoms with Gasteiger partial charge in [-0.25, -0.2) is 14.8 Å². The quantitative estimate of drug-likeness (QED) is 0.580. The molecule has 0 radical (unpaired) electrons. The molecule has 0 bridgehead atoms. The molecule has 0 aromatic carbocycles. The Morgan fingerprint density at radius 1 is 1.53 bits per heavy atom. The lowest BCUT2D eigenvalue weighted by Gasteiger charge is -2.24. The van der Waals surface area contributed by atoms with Gasteiger partial charge in [0.25, 0.3) is 0 Å². The summed E-state index contributed by atoms with van der Waals surface area (Å²) in [6.07, 6.45) is 2.91. The first-order valence-corrected chi connectivity index (χ1v) is 5.61. The first-order valence-electron chi connectivity index (χ1n) is 5.23. The number of halogens is 1. The summed E-state index contributed by atoms with van der Waals surface area (Å²) in [5.74, 6) is -0.609. The van der Waals surface area contributed by atoms with Crippen LogP contribution in [0.25, 0.3) is 0 Å². The number of nitrogens with zero attached hydrogens (tertiary/aromatic N) is 3. The van der Waals surface area contributed by atoms with Crippen LogP contribution in [0, 0.1) is 0 Å². The average molecular weight is 287 g/mol. The van der Waals surface area contributed by atoms with Crippen molar-refractivity contribution in [3.05, 3.63) is 23.3 Å². The minimum Gasteiger partial charge on any atom is -0.464 e. The summed E-state index contributed by atoms with van der Waals surface area (Å²) in [4.78, 5) is 26.2. The summed E-state index contributed by atoms with van der Waals surface area (Å²) < 4.78 is 9.38. The smallest absolute Gasteiger partial charge is 0.356 e. The second kappa shape index (κ2) is 5.29. The molecule has 9 heteroatoms. The van der Waals surface area contributed by atoms with Crippen molar-refractivity contribution in [2.24, 2.45) is 4.99 Å². The van der Waals surface area contributed by atoms with E-state index < -0.39 is 11.9 Å². The number of hydrogen-bond donors (Lipinski definition) is 1. The van der Waals surface area contributed by atoms with Crippen LogP contribution in [0.2, 0.25) is 0 Å². The lowest BCUT2D eigenvalue weighted by molar-refractivity contribution is -0.146. The number of fused-ring (bicyclic) bond motifs is 1. The molecule has 0 spiro atoms. The third-order valence-electron chi connectivity index (χ3n) is 2.23. The molecule has 1 N–H and O–H groups in total. The van der Waals surface area contributed by atoms with Crippen LogP contribution < -0.4 is 5.53 Å². The van der Waals surface area contributed by atoms with Crippen molar-refractivity contribution < 1.29 is 19.1 Å². The van der Waals surface area contributed by atoms with Gasteiger partial charge in [0.15, 0.2) is 18.3 Å². The molecule has 8 nitrogen and oxygen atoms in total. The predicted molar refractivity (Wildman–Crippen MR) is 64.9 cm³/mol. The maximum Gasteiger partial charge on any atom is 0.356 e. The summed E-state index contributed by atoms with van der Waals surface area (Å²) in [7, 11) is 1.26. The number of hydrogen-bond acceptors (Lipinski definition) is 8. The van der Waals surface area contributed by atoms with E-state index in [1.54, 1.807) is 6.20 Å². The Bertz CT molecular complexity index is 514. The first kappa shape index (κ1) is 13.4. The van der Waals surface area contributed by atoms with Crippen LogP contribution in [0.5, 0.6) is 0 Å². The fourth-order valence-corrected chi connectivity index (χ4v) is 1.64. The van der Waals surface area contributed by atoms with E-state index in [-0.39, 0.29) is 17.6 Å². The van der Waals surface area contributed by atoms with Crippen molar-refractivity contribution in [1.29, 1.82) is 0 Å². The molecule has 0 saturated heterocycles. The number of carbonyl (C=O) groups excluding carboxylic acids is 2. The second-order valence-corrected chi connectivity index (χ2v) is 4.00. The number of nitrogens with one attached hydrogen (secondary N) is 1. The first-order chi connectivity index (χ1) is 9.01. The molecule has 0 atom stereocenters. The molecule has 0 aromatic rings. The molecular formula is C10H11ClN4O4. The van der Waals surface area contributed by atoms with Crippen molar-refractivity contribution >= 4 is 29.3 Å². The Balaban J connectivity index is 2.14. The number of methoxy groups -OCH3 is 1. The molecule has 0 aliphatic carbocycles. The van der Waals surface area contributed by atoms with Crippen LogP contribution in [0.4, 0.5) is 0 Å². The van der Waals surface area contributed by atoms with Crippen LogP contribution in [0.3, 0.4) is 0 Å². The van der Waals surface area contributed by atoms with Gasteiger partial charge in [-0.15, -0.1) is 5.53 Å². The van der Waals surface area contributed by atoms with Gasteiger partial charge in [0.1, 0.15) is 5.16 Å². The Morgan fingerprint density at radius 3 is 2.89 bits per heavy atom. The van der Waals surface area contributed by atoms with Crippen LogP contribution in [0.15, 0.2) is 28.2 Å². The van der Waals surface area contributed by atoms with E-state index >= 15 is 0 Å². The Hall–Kier alpha value is -2.06. The van der Waals surface area contributed by atoms with Gasteiger partial charge in [-0.05, 0) is 0 Å². The van der Waals surface area contributed by atoms with Crippen LogP contribution in [-0.2, 0) is 19.1 Å². The minimum atomic E-state index is -0.586. The predicted octanol–water partition coefficient (Wildman–Crippen LogP) is 0.0509. The molecule has 19 heavy (non-hydrogen) atoms. The topological polar surface area (TPSA) is 83.5 Å². The monoisotopic (exact) mass is 286 g/mol. The highest BCUT2D eigenvalue weighted by Crippen LogP contribution is 2.25. The van der Waals surface area contributed by atoms with Gasteiger partial charge in [-0.2, -0.15) is 0 Å². The average Bonchev–Trinajstić information content (AvgIpc) is 2.79. The third kappa shape index (κ3) is 2.85. The van der Waals surface area contributed by atoms with Crippen LogP contribution in [0.1, 0.15) is 6.92 Å². The van der Waals surface area contributed by atoms with Gasteiger partial charge in [-0.3, -0.25) is 9.80 Å². The summed E-state index contributed by atoms with van der Waals surface area (Å²) >= 11 is 6.00. The fourth-order valence-electron chi connectivity index (χ4n) is 1.41. The van der Waals surface area contributed by atoms with Crippen molar-refractivity contribution in [2.45, 2.75) is 6.92 Å². The Labute approximate surface area is 113 Å². The van der Waals surface area contributed by atoms with Gasteiger partial charge in [0.2, 0.25) is 0 Å². The molecule has 2 aliphatic heterocycles. The standard InChI is InChI=1S/C10H11ClN4O4/c1-6(16)19-5-14-4-9-12-7(10(17)18-2)3-8(11)15(9)13-14/h3-4,13H,5H2,1-2H3. The molecular weight excluding hydrogens is 276 g/mol. The maximum atomic E-state index is 11.4. The summed E-state index contributed by atoms with van der Waals surface area (Å²) in [5.41, 5.74) is 2.90. The number of rotatable bonds is 3. The van der Waals surface area contributed by atoms with Gasteiger partial charge < -0.3 is 9.47 Å². The van der Waals surface area contributed by atoms with E-state index in [2.05, 4.69) is 15.3 Å². The highest BCUT2D eigenvalue weighted by Gasteiger charge is 2.29. The van der Waals surface area contributed by atoms with E-state index in [1.165, 1.54) is 30.1 Å². The fraction of sp³-hybridized carbons (Fsp3) is 0.300. The lowest BCUT2D eigenvalue weighted by atomic mass is 10.3. The van der Waals surface area contributed by atoms with Crippen molar-refractivity contribution in [3.63, 3.8) is 0 Å². The van der Waals surface area contributed by atoms with E-state index in [4.69, 9.17) is 16.3 Å².